The van der Waals surface area contributed by atoms with Crippen LogP contribution in [0.4, 0.5) is 11.4 Å². The highest BCUT2D eigenvalue weighted by molar-refractivity contribution is 9.10. The zero-order valence-electron chi connectivity index (χ0n) is 13.5. The number of fused-ring (bicyclic) bond motifs is 1. The Labute approximate surface area is 152 Å². The maximum absolute atomic E-state index is 11.7. The summed E-state index contributed by atoms with van der Waals surface area (Å²) in [5, 5.41) is 19.6. The number of phenolic OH excluding ortho intramolecular Hbond substituents is 1. The van der Waals surface area contributed by atoms with Crippen LogP contribution in [0.1, 0.15) is 11.1 Å². The molecule has 0 atom stereocenters. The first-order valence-corrected chi connectivity index (χ1v) is 8.36. The van der Waals surface area contributed by atoms with E-state index in [-0.39, 0.29) is 5.75 Å². The zero-order chi connectivity index (χ0) is 18.0. The fraction of sp³-hybridized carbons (Fsp3) is 0.105. The largest absolute Gasteiger partial charge is 0.505 e. The van der Waals surface area contributed by atoms with Crippen LogP contribution in [0.5, 0.6) is 5.75 Å². The van der Waals surface area contributed by atoms with Crippen molar-refractivity contribution < 1.29 is 9.52 Å². The molecule has 5 nitrogen and oxygen atoms in total. The molecule has 126 valence electrons. The third kappa shape index (κ3) is 3.53. The molecule has 1 aromatic heterocycles. The van der Waals surface area contributed by atoms with Crippen molar-refractivity contribution in [3.8, 4) is 5.75 Å². The van der Waals surface area contributed by atoms with Gasteiger partial charge in [0.2, 0.25) is 0 Å². The van der Waals surface area contributed by atoms with Crippen LogP contribution in [0.15, 0.2) is 73.0 Å². The molecular weight excluding hydrogens is 384 g/mol. The van der Waals surface area contributed by atoms with Gasteiger partial charge in [-0.25, -0.2) is 4.79 Å². The molecule has 0 spiro atoms. The molecule has 0 bridgehead atoms. The van der Waals surface area contributed by atoms with Crippen molar-refractivity contribution in [1.82, 2.24) is 0 Å². The third-order valence-electron chi connectivity index (χ3n) is 3.74. The first-order chi connectivity index (χ1) is 12.0. The smallest absolute Gasteiger partial charge is 0.336 e. The zero-order valence-corrected chi connectivity index (χ0v) is 15.1. The first kappa shape index (κ1) is 17.1. The quantitative estimate of drug-likeness (QED) is 0.347. The lowest BCUT2D eigenvalue weighted by Crippen LogP contribution is -2.00. The number of benzene rings is 2. The molecule has 0 radical (unpaired) electrons. The van der Waals surface area contributed by atoms with Crippen molar-refractivity contribution in [1.29, 1.82) is 0 Å². The summed E-state index contributed by atoms with van der Waals surface area (Å²) in [5.74, 6) is -0.0676. The van der Waals surface area contributed by atoms with E-state index in [0.29, 0.717) is 34.3 Å². The fourth-order valence-electron chi connectivity index (χ4n) is 2.52. The van der Waals surface area contributed by atoms with Crippen molar-refractivity contribution >= 4 is 38.3 Å². The second kappa shape index (κ2) is 7.03. The molecule has 2 aromatic carbocycles. The summed E-state index contributed by atoms with van der Waals surface area (Å²) in [6.07, 6.45) is 1.98. The summed E-state index contributed by atoms with van der Waals surface area (Å²) in [7, 11) is 0. The Bertz CT molecular complexity index is 1040. The van der Waals surface area contributed by atoms with Crippen LogP contribution < -0.4 is 5.63 Å². The van der Waals surface area contributed by atoms with Gasteiger partial charge in [-0.05, 0) is 49.2 Å². The maximum atomic E-state index is 11.7. The van der Waals surface area contributed by atoms with E-state index in [4.69, 9.17) is 4.42 Å². The number of aromatic hydroxyl groups is 1. The van der Waals surface area contributed by atoms with E-state index in [9.17, 15) is 9.90 Å². The van der Waals surface area contributed by atoms with Crippen LogP contribution >= 0.6 is 15.9 Å². The highest BCUT2D eigenvalue weighted by atomic mass is 79.9. The molecule has 0 aliphatic heterocycles. The molecule has 1 heterocycles. The Kier molecular flexibility index (Phi) is 4.81. The number of halogens is 1. The van der Waals surface area contributed by atoms with Gasteiger partial charge in [0.25, 0.3) is 0 Å². The van der Waals surface area contributed by atoms with Gasteiger partial charge >= 0.3 is 5.63 Å². The van der Waals surface area contributed by atoms with Gasteiger partial charge in [-0.3, -0.25) is 0 Å². The molecule has 3 rings (SSSR count). The molecule has 0 saturated carbocycles. The Morgan fingerprint density at radius 1 is 1.24 bits per heavy atom. The van der Waals surface area contributed by atoms with Crippen molar-refractivity contribution in [2.45, 2.75) is 13.3 Å². The Balaban J connectivity index is 2.18. The van der Waals surface area contributed by atoms with Crippen LogP contribution in [-0.4, -0.2) is 5.11 Å². The summed E-state index contributed by atoms with van der Waals surface area (Å²) in [6, 6.07) is 10.4. The first-order valence-electron chi connectivity index (χ1n) is 7.57. The lowest BCUT2D eigenvalue weighted by Gasteiger charge is -2.10. The minimum absolute atomic E-state index is 0.0676. The normalized spacial score (nSPS) is 11.3. The van der Waals surface area contributed by atoms with Gasteiger partial charge < -0.3 is 9.52 Å². The summed E-state index contributed by atoms with van der Waals surface area (Å²) in [5.41, 5.74) is 2.08. The monoisotopic (exact) mass is 398 g/mol. The molecule has 3 aromatic rings. The number of hydrogen-bond donors (Lipinski definition) is 1. The van der Waals surface area contributed by atoms with Gasteiger partial charge in [-0.1, -0.05) is 22.0 Å². The second-order valence-corrected chi connectivity index (χ2v) is 6.43. The predicted molar refractivity (Wildman–Crippen MR) is 101 cm³/mol. The summed E-state index contributed by atoms with van der Waals surface area (Å²) < 4.78 is 6.24. The minimum atomic E-state index is -0.459. The van der Waals surface area contributed by atoms with Crippen molar-refractivity contribution in [3.05, 3.63) is 75.1 Å². The van der Waals surface area contributed by atoms with E-state index in [0.717, 1.165) is 10.0 Å². The number of hydrogen-bond acceptors (Lipinski definition) is 5. The van der Waals surface area contributed by atoms with Gasteiger partial charge in [0.1, 0.15) is 17.0 Å². The van der Waals surface area contributed by atoms with Crippen LogP contribution in [-0.2, 0) is 6.42 Å². The summed E-state index contributed by atoms with van der Waals surface area (Å²) in [4.78, 5) is 11.7. The second-order valence-electron chi connectivity index (χ2n) is 5.52. The SMILES string of the molecule is C=CCc1c(O)c(N=Nc2ccc(Br)cc2)cc2c(C)cc(=O)oc12. The van der Waals surface area contributed by atoms with Crippen LogP contribution in [0.3, 0.4) is 0 Å². The number of allylic oxidation sites excluding steroid dienone is 1. The van der Waals surface area contributed by atoms with Crippen molar-refractivity contribution in [2.75, 3.05) is 0 Å². The molecular formula is C19H15BrN2O3. The highest BCUT2D eigenvalue weighted by Crippen LogP contribution is 2.38. The summed E-state index contributed by atoms with van der Waals surface area (Å²) in [6.45, 7) is 5.50. The predicted octanol–water partition coefficient (Wildman–Crippen LogP) is 5.71. The minimum Gasteiger partial charge on any atom is -0.505 e. The van der Waals surface area contributed by atoms with E-state index < -0.39 is 5.63 Å². The van der Waals surface area contributed by atoms with E-state index in [1.54, 1.807) is 24.3 Å². The number of nitrogens with zero attached hydrogens (tertiary/aromatic N) is 2. The standard InChI is InChI=1S/C19H15BrN2O3/c1-3-4-14-18(24)16(22-21-13-7-5-12(20)6-8-13)10-15-11(2)9-17(23)25-19(14)15/h3,5-10,24H,1,4H2,2H3. The molecule has 25 heavy (non-hydrogen) atoms. The van der Waals surface area contributed by atoms with Gasteiger partial charge in [0.15, 0.2) is 0 Å². The average Bonchev–Trinajstić information content (AvgIpc) is 2.58. The number of rotatable bonds is 4. The number of aryl methyl sites for hydroxylation is 1. The lowest BCUT2D eigenvalue weighted by atomic mass is 10.0. The third-order valence-corrected chi connectivity index (χ3v) is 4.27. The molecule has 0 fully saturated rings. The van der Waals surface area contributed by atoms with Gasteiger partial charge in [-0.2, -0.15) is 5.11 Å². The van der Waals surface area contributed by atoms with Crippen molar-refractivity contribution in [3.63, 3.8) is 0 Å². The van der Waals surface area contributed by atoms with E-state index in [1.807, 2.05) is 19.1 Å². The maximum Gasteiger partial charge on any atom is 0.336 e. The van der Waals surface area contributed by atoms with Gasteiger partial charge in [0.05, 0.1) is 5.69 Å². The molecule has 0 aliphatic carbocycles. The molecule has 1 N–H and O–H groups in total. The Hall–Kier alpha value is -2.73. The fourth-order valence-corrected chi connectivity index (χ4v) is 2.78. The topological polar surface area (TPSA) is 75.2 Å². The van der Waals surface area contributed by atoms with E-state index >= 15 is 0 Å². The van der Waals surface area contributed by atoms with Crippen molar-refractivity contribution in [2.24, 2.45) is 10.2 Å². The lowest BCUT2D eigenvalue weighted by molar-refractivity contribution is 0.467. The summed E-state index contributed by atoms with van der Waals surface area (Å²) >= 11 is 3.36. The van der Waals surface area contributed by atoms with Gasteiger partial charge in [0, 0.05) is 21.5 Å². The van der Waals surface area contributed by atoms with Crippen LogP contribution in [0.2, 0.25) is 0 Å². The van der Waals surface area contributed by atoms with Crippen LogP contribution in [0.25, 0.3) is 11.0 Å². The average molecular weight is 399 g/mol. The molecule has 0 unspecified atom stereocenters. The number of azo groups is 1. The number of phenols is 1. The molecule has 0 saturated heterocycles. The van der Waals surface area contributed by atoms with Gasteiger partial charge in [-0.15, -0.1) is 11.7 Å². The highest BCUT2D eigenvalue weighted by Gasteiger charge is 2.16. The Morgan fingerprint density at radius 2 is 1.96 bits per heavy atom. The molecule has 0 aliphatic rings. The van der Waals surface area contributed by atoms with E-state index in [2.05, 4.69) is 32.7 Å². The molecule has 0 amide bonds. The molecule has 6 heteroatoms. The van der Waals surface area contributed by atoms with Crippen LogP contribution in [0, 0.1) is 6.92 Å². The van der Waals surface area contributed by atoms with E-state index in [1.165, 1.54) is 6.07 Å². The Morgan fingerprint density at radius 3 is 2.64 bits per heavy atom.